The molecule has 168 valence electrons. The van der Waals surface area contributed by atoms with Crippen LogP contribution in [0, 0.1) is 5.92 Å². The molecule has 1 aliphatic rings. The van der Waals surface area contributed by atoms with Crippen LogP contribution in [0.25, 0.3) is 11.1 Å². The van der Waals surface area contributed by atoms with E-state index in [1.807, 2.05) is 0 Å². The molecule has 1 aliphatic carbocycles. The lowest BCUT2D eigenvalue weighted by atomic mass is 9.89. The van der Waals surface area contributed by atoms with Gasteiger partial charge in [-0.25, -0.2) is 0 Å². The molecule has 0 fully saturated rings. The summed E-state index contributed by atoms with van der Waals surface area (Å²) >= 11 is 0. The molecule has 0 aliphatic heterocycles. The number of carbonyl (C=O) groups is 1. The van der Waals surface area contributed by atoms with Crippen LogP contribution in [-0.2, 0) is 9.53 Å². The molecule has 2 aromatic carbocycles. The van der Waals surface area contributed by atoms with Gasteiger partial charge in [0, 0.05) is 19.6 Å². The molecule has 2 aromatic rings. The molecule has 0 saturated heterocycles. The topological polar surface area (TPSA) is 26.3 Å². The number of ether oxygens (including phenoxy) is 1. The molecule has 0 spiro atoms. The quantitative estimate of drug-likeness (QED) is 0.273. The van der Waals surface area contributed by atoms with Crippen molar-refractivity contribution in [3.63, 3.8) is 0 Å². The summed E-state index contributed by atoms with van der Waals surface area (Å²) in [5, 5.41) is 0. The molecule has 3 rings (SSSR count). The highest BCUT2D eigenvalue weighted by atomic mass is 16.5. The maximum atomic E-state index is 13.1. The van der Waals surface area contributed by atoms with Crippen molar-refractivity contribution >= 4 is 5.78 Å². The van der Waals surface area contributed by atoms with Crippen LogP contribution in [0.15, 0.2) is 48.5 Å². The van der Waals surface area contributed by atoms with Gasteiger partial charge in [-0.3, -0.25) is 4.79 Å². The minimum Gasteiger partial charge on any atom is -0.381 e. The van der Waals surface area contributed by atoms with Crippen molar-refractivity contribution in [2.75, 3.05) is 13.2 Å². The zero-order chi connectivity index (χ0) is 21.9. The first-order valence-electron chi connectivity index (χ1n) is 12.5. The van der Waals surface area contributed by atoms with Crippen LogP contribution >= 0.6 is 0 Å². The number of hydrogen-bond donors (Lipinski definition) is 0. The van der Waals surface area contributed by atoms with E-state index in [2.05, 4.69) is 62.4 Å². The van der Waals surface area contributed by atoms with Crippen LogP contribution in [0.5, 0.6) is 0 Å². The number of carbonyl (C=O) groups excluding carboxylic acids is 1. The highest BCUT2D eigenvalue weighted by molar-refractivity contribution is 5.97. The van der Waals surface area contributed by atoms with E-state index in [1.54, 1.807) is 0 Å². The Balaban J connectivity index is 1.32. The van der Waals surface area contributed by atoms with Gasteiger partial charge in [0.05, 0.1) is 5.92 Å². The summed E-state index contributed by atoms with van der Waals surface area (Å²) in [7, 11) is 0. The molecule has 0 saturated carbocycles. The zero-order valence-electron chi connectivity index (χ0n) is 19.6. The number of rotatable bonds is 15. The Bertz CT molecular complexity index is 764. The number of Topliss-reactive ketones (excluding diaryl/α,β-unsaturated/α-hetero) is 1. The first kappa shape index (κ1) is 23.7. The van der Waals surface area contributed by atoms with Gasteiger partial charge in [0.2, 0.25) is 0 Å². The summed E-state index contributed by atoms with van der Waals surface area (Å²) in [6.07, 6.45) is 11.5. The Morgan fingerprint density at radius 3 is 2.13 bits per heavy atom. The zero-order valence-corrected chi connectivity index (χ0v) is 19.6. The number of benzene rings is 2. The van der Waals surface area contributed by atoms with Gasteiger partial charge in [0.25, 0.3) is 0 Å². The molecule has 0 N–H and O–H groups in total. The fourth-order valence-corrected chi connectivity index (χ4v) is 4.78. The van der Waals surface area contributed by atoms with E-state index in [0.29, 0.717) is 12.2 Å². The smallest absolute Gasteiger partial charge is 0.144 e. The summed E-state index contributed by atoms with van der Waals surface area (Å²) in [5.74, 6) is 1.05. The van der Waals surface area contributed by atoms with E-state index in [0.717, 1.165) is 32.0 Å². The Morgan fingerprint density at radius 2 is 1.45 bits per heavy atom. The summed E-state index contributed by atoms with van der Waals surface area (Å²) < 4.78 is 5.74. The van der Waals surface area contributed by atoms with Crippen LogP contribution in [0.2, 0.25) is 0 Å². The van der Waals surface area contributed by atoms with Gasteiger partial charge < -0.3 is 4.74 Å². The minimum absolute atomic E-state index is 0.0650. The molecule has 0 aromatic heterocycles. The lowest BCUT2D eigenvalue weighted by Gasteiger charge is -2.13. The van der Waals surface area contributed by atoms with E-state index >= 15 is 0 Å². The van der Waals surface area contributed by atoms with Crippen LogP contribution < -0.4 is 0 Å². The fourth-order valence-electron chi connectivity index (χ4n) is 4.78. The van der Waals surface area contributed by atoms with Gasteiger partial charge in [-0.15, -0.1) is 0 Å². The molecule has 1 atom stereocenters. The average molecular weight is 421 g/mol. The third-order valence-corrected chi connectivity index (χ3v) is 6.67. The van der Waals surface area contributed by atoms with Crippen LogP contribution in [0.4, 0.5) is 0 Å². The highest BCUT2D eigenvalue weighted by Gasteiger charge is 2.32. The first-order valence-corrected chi connectivity index (χ1v) is 12.5. The predicted molar refractivity (Wildman–Crippen MR) is 131 cm³/mol. The lowest BCUT2D eigenvalue weighted by Crippen LogP contribution is -2.11. The normalized spacial score (nSPS) is 13.7. The van der Waals surface area contributed by atoms with Crippen molar-refractivity contribution in [1.29, 1.82) is 0 Å². The number of unbranched alkanes of at least 4 members (excludes halogenated alkanes) is 5. The molecular formula is C29H40O2. The van der Waals surface area contributed by atoms with Crippen LogP contribution in [0.3, 0.4) is 0 Å². The monoisotopic (exact) mass is 420 g/mol. The Labute approximate surface area is 189 Å². The molecule has 0 bridgehead atoms. The highest BCUT2D eigenvalue weighted by Crippen LogP contribution is 2.45. The van der Waals surface area contributed by atoms with Gasteiger partial charge >= 0.3 is 0 Å². The largest absolute Gasteiger partial charge is 0.381 e. The van der Waals surface area contributed by atoms with Crippen molar-refractivity contribution in [3.8, 4) is 11.1 Å². The summed E-state index contributed by atoms with van der Waals surface area (Å²) in [6.45, 7) is 6.40. The molecule has 2 nitrogen and oxygen atoms in total. The van der Waals surface area contributed by atoms with E-state index in [4.69, 9.17) is 4.74 Å². The Kier molecular flexibility index (Phi) is 9.81. The van der Waals surface area contributed by atoms with Gasteiger partial charge in [-0.2, -0.15) is 0 Å². The van der Waals surface area contributed by atoms with Crippen molar-refractivity contribution in [3.05, 3.63) is 59.7 Å². The molecule has 2 heteroatoms. The predicted octanol–water partition coefficient (Wildman–Crippen LogP) is 7.94. The fraction of sp³-hybridized carbons (Fsp3) is 0.552. The second-order valence-corrected chi connectivity index (χ2v) is 9.24. The van der Waals surface area contributed by atoms with E-state index in [1.165, 1.54) is 67.2 Å². The van der Waals surface area contributed by atoms with Gasteiger partial charge in [-0.1, -0.05) is 101 Å². The first-order chi connectivity index (χ1) is 15.2. The minimum atomic E-state index is -0.0650. The molecule has 0 radical (unpaired) electrons. The summed E-state index contributed by atoms with van der Waals surface area (Å²) in [5.41, 5.74) is 4.86. The third kappa shape index (κ3) is 6.77. The van der Waals surface area contributed by atoms with Crippen molar-refractivity contribution in [1.82, 2.24) is 0 Å². The molecule has 31 heavy (non-hydrogen) atoms. The number of ketones is 1. The third-order valence-electron chi connectivity index (χ3n) is 6.67. The van der Waals surface area contributed by atoms with Crippen molar-refractivity contribution in [2.24, 2.45) is 5.92 Å². The van der Waals surface area contributed by atoms with Gasteiger partial charge in [0.1, 0.15) is 5.78 Å². The van der Waals surface area contributed by atoms with Crippen molar-refractivity contribution < 1.29 is 9.53 Å². The lowest BCUT2D eigenvalue weighted by molar-refractivity contribution is -0.119. The number of fused-ring (bicyclic) bond motifs is 3. The SMILES string of the molecule is CCCCCOCCC(C)CCCCCCC(=O)C1c2ccccc2-c2ccccc21. The van der Waals surface area contributed by atoms with E-state index in [9.17, 15) is 4.79 Å². The van der Waals surface area contributed by atoms with E-state index < -0.39 is 0 Å². The van der Waals surface area contributed by atoms with E-state index in [-0.39, 0.29) is 5.92 Å². The second-order valence-electron chi connectivity index (χ2n) is 9.24. The standard InChI is InChI=1S/C29H40O2/c1-3-4-13-21-31-22-20-23(2)14-7-5-6-8-19-28(30)29-26-17-11-9-15-24(26)25-16-10-12-18-27(25)29/h9-12,15-18,23,29H,3-8,13-14,19-22H2,1-2H3. The average Bonchev–Trinajstić information content (AvgIpc) is 3.13. The maximum Gasteiger partial charge on any atom is 0.144 e. The Morgan fingerprint density at radius 1 is 0.806 bits per heavy atom. The summed E-state index contributed by atoms with van der Waals surface area (Å²) in [4.78, 5) is 13.1. The second kappa shape index (κ2) is 12.8. The van der Waals surface area contributed by atoms with Gasteiger partial charge in [0.15, 0.2) is 0 Å². The molecular weight excluding hydrogens is 380 g/mol. The van der Waals surface area contributed by atoms with Gasteiger partial charge in [-0.05, 0) is 47.4 Å². The maximum absolute atomic E-state index is 13.1. The molecule has 0 heterocycles. The van der Waals surface area contributed by atoms with Crippen LogP contribution in [-0.4, -0.2) is 19.0 Å². The Hall–Kier alpha value is -1.93. The molecule has 0 amide bonds. The number of hydrogen-bond acceptors (Lipinski definition) is 2. The molecule has 1 unspecified atom stereocenters. The van der Waals surface area contributed by atoms with Crippen LogP contribution in [0.1, 0.15) is 95.1 Å². The van der Waals surface area contributed by atoms with Crippen molar-refractivity contribution in [2.45, 2.75) is 84.0 Å². The summed E-state index contributed by atoms with van der Waals surface area (Å²) in [6, 6.07) is 16.8.